The first-order chi connectivity index (χ1) is 12.3. The van der Waals surface area contributed by atoms with Crippen molar-refractivity contribution in [3.8, 4) is 10.4 Å². The van der Waals surface area contributed by atoms with E-state index in [9.17, 15) is 0 Å². The zero-order valence-corrected chi connectivity index (χ0v) is 14.4. The predicted molar refractivity (Wildman–Crippen MR) is 103 cm³/mol. The summed E-state index contributed by atoms with van der Waals surface area (Å²) in [6.45, 7) is 1.89. The highest BCUT2D eigenvalue weighted by Gasteiger charge is 2.11. The molecule has 3 aromatic heterocycles. The number of aryl methyl sites for hydroxylation is 1. The van der Waals surface area contributed by atoms with Crippen LogP contribution < -0.4 is 5.43 Å². The van der Waals surface area contributed by atoms with Crippen LogP contribution in [0, 0.1) is 6.92 Å². The minimum Gasteiger partial charge on any atom is -0.264 e. The Morgan fingerprint density at radius 1 is 1.08 bits per heavy atom. The van der Waals surface area contributed by atoms with Crippen LogP contribution in [0.4, 0.5) is 5.82 Å². The van der Waals surface area contributed by atoms with Gasteiger partial charge in [0.15, 0.2) is 5.82 Å². The van der Waals surface area contributed by atoms with Crippen LogP contribution in [0.1, 0.15) is 11.4 Å². The van der Waals surface area contributed by atoms with Crippen molar-refractivity contribution >= 4 is 33.6 Å². The number of pyridine rings is 1. The number of anilines is 1. The number of aromatic nitrogens is 3. The number of nitrogens with one attached hydrogen (secondary N) is 1. The zero-order chi connectivity index (χ0) is 17.1. The van der Waals surface area contributed by atoms with E-state index < -0.39 is 0 Å². The second-order valence-electron chi connectivity index (χ2n) is 5.47. The van der Waals surface area contributed by atoms with Crippen LogP contribution in [0.3, 0.4) is 0 Å². The van der Waals surface area contributed by atoms with Gasteiger partial charge in [-0.2, -0.15) is 5.10 Å². The number of hydrogen-bond donors (Lipinski definition) is 1. The van der Waals surface area contributed by atoms with E-state index in [4.69, 9.17) is 0 Å². The molecular formula is C19H15N5S. The Labute approximate surface area is 149 Å². The number of hydrogen-bond acceptors (Lipinski definition) is 6. The lowest BCUT2D eigenvalue weighted by Gasteiger charge is -2.02. The largest absolute Gasteiger partial charge is 0.264 e. The molecule has 0 spiro atoms. The number of thiophene rings is 1. The van der Waals surface area contributed by atoms with Gasteiger partial charge in [0.2, 0.25) is 0 Å². The van der Waals surface area contributed by atoms with E-state index in [0.29, 0.717) is 11.6 Å². The Morgan fingerprint density at radius 3 is 2.76 bits per heavy atom. The van der Waals surface area contributed by atoms with Crippen LogP contribution in [-0.4, -0.2) is 21.2 Å². The van der Waals surface area contributed by atoms with Gasteiger partial charge in [-0.05, 0) is 24.6 Å². The molecule has 0 saturated carbocycles. The number of rotatable bonds is 4. The maximum atomic E-state index is 4.55. The Hall–Kier alpha value is -3.12. The van der Waals surface area contributed by atoms with E-state index in [1.165, 1.54) is 5.56 Å². The summed E-state index contributed by atoms with van der Waals surface area (Å²) in [7, 11) is 0. The van der Waals surface area contributed by atoms with Crippen LogP contribution >= 0.6 is 11.3 Å². The third kappa shape index (κ3) is 3.39. The molecule has 1 aromatic carbocycles. The van der Waals surface area contributed by atoms with E-state index in [-0.39, 0.29) is 0 Å². The highest BCUT2D eigenvalue weighted by Crippen LogP contribution is 2.35. The molecule has 6 heteroatoms. The molecule has 0 aliphatic rings. The smallest absolute Gasteiger partial charge is 0.158 e. The minimum absolute atomic E-state index is 0.709. The summed E-state index contributed by atoms with van der Waals surface area (Å²) in [5.41, 5.74) is 5.14. The van der Waals surface area contributed by atoms with E-state index in [1.807, 2.05) is 37.3 Å². The average molecular weight is 345 g/mol. The van der Waals surface area contributed by atoms with Crippen molar-refractivity contribution in [1.82, 2.24) is 15.0 Å². The second-order valence-corrected chi connectivity index (χ2v) is 6.50. The highest BCUT2D eigenvalue weighted by molar-refractivity contribution is 7.21. The highest BCUT2D eigenvalue weighted by atomic mass is 32.1. The molecule has 4 aromatic rings. The number of nitrogens with zero attached hydrogens (tertiary/aromatic N) is 4. The van der Waals surface area contributed by atoms with Crippen LogP contribution in [0.5, 0.6) is 0 Å². The average Bonchev–Trinajstić information content (AvgIpc) is 3.07. The van der Waals surface area contributed by atoms with Gasteiger partial charge in [-0.3, -0.25) is 10.4 Å². The third-order valence-corrected chi connectivity index (χ3v) is 4.71. The molecule has 0 aliphatic carbocycles. The summed E-state index contributed by atoms with van der Waals surface area (Å²) in [5, 5.41) is 5.25. The second kappa shape index (κ2) is 6.78. The van der Waals surface area contributed by atoms with E-state index >= 15 is 0 Å². The molecule has 0 bridgehead atoms. The molecule has 0 aliphatic heterocycles. The number of benzene rings is 1. The summed E-state index contributed by atoms with van der Waals surface area (Å²) in [6.07, 6.45) is 5.21. The molecule has 3 heterocycles. The van der Waals surface area contributed by atoms with Gasteiger partial charge in [0.25, 0.3) is 0 Å². The molecule has 0 fully saturated rings. The molecule has 5 nitrogen and oxygen atoms in total. The standard InChI is InChI=1S/C19H15N5S/c1-13-22-18(24-21-12-14-6-5-9-20-11-14)16-10-17(25-19(16)23-13)15-7-3-2-4-8-15/h2-12H,1H3,(H,22,23,24)/b21-12+. The van der Waals surface area contributed by atoms with Gasteiger partial charge >= 0.3 is 0 Å². The summed E-state index contributed by atoms with van der Waals surface area (Å²) in [5.74, 6) is 1.43. The van der Waals surface area contributed by atoms with Gasteiger partial charge in [-0.1, -0.05) is 36.4 Å². The summed E-state index contributed by atoms with van der Waals surface area (Å²) >= 11 is 1.66. The Morgan fingerprint density at radius 2 is 1.96 bits per heavy atom. The van der Waals surface area contributed by atoms with Gasteiger partial charge in [0, 0.05) is 22.8 Å². The van der Waals surface area contributed by atoms with Crippen molar-refractivity contribution in [3.63, 3.8) is 0 Å². The Kier molecular flexibility index (Phi) is 4.18. The molecule has 0 radical (unpaired) electrons. The van der Waals surface area contributed by atoms with Crippen LogP contribution in [0.25, 0.3) is 20.7 Å². The van der Waals surface area contributed by atoms with E-state index in [2.05, 4.69) is 43.7 Å². The van der Waals surface area contributed by atoms with Gasteiger partial charge < -0.3 is 0 Å². The molecule has 0 atom stereocenters. The maximum Gasteiger partial charge on any atom is 0.158 e. The predicted octanol–water partition coefficient (Wildman–Crippen LogP) is 4.51. The topological polar surface area (TPSA) is 63.1 Å². The minimum atomic E-state index is 0.709. The van der Waals surface area contributed by atoms with Gasteiger partial charge in [0.05, 0.1) is 11.6 Å². The quantitative estimate of drug-likeness (QED) is 0.437. The van der Waals surface area contributed by atoms with Gasteiger partial charge in [-0.15, -0.1) is 11.3 Å². The number of hydrazone groups is 1. The zero-order valence-electron chi connectivity index (χ0n) is 13.5. The molecule has 4 rings (SSSR count). The van der Waals surface area contributed by atoms with E-state index in [0.717, 1.165) is 20.7 Å². The van der Waals surface area contributed by atoms with Crippen molar-refractivity contribution in [2.24, 2.45) is 5.10 Å². The van der Waals surface area contributed by atoms with Crippen molar-refractivity contribution in [2.45, 2.75) is 6.92 Å². The molecular weight excluding hydrogens is 330 g/mol. The molecule has 25 heavy (non-hydrogen) atoms. The summed E-state index contributed by atoms with van der Waals surface area (Å²) in [6, 6.07) is 16.2. The molecule has 1 N–H and O–H groups in total. The summed E-state index contributed by atoms with van der Waals surface area (Å²) < 4.78 is 0. The van der Waals surface area contributed by atoms with E-state index in [1.54, 1.807) is 29.9 Å². The lowest BCUT2D eigenvalue weighted by molar-refractivity contribution is 1.09. The summed E-state index contributed by atoms with van der Waals surface area (Å²) in [4.78, 5) is 15.2. The number of fused-ring (bicyclic) bond motifs is 1. The molecule has 0 saturated heterocycles. The Bertz CT molecular complexity index is 1030. The van der Waals surface area contributed by atoms with Crippen molar-refractivity contribution < 1.29 is 0 Å². The molecule has 0 unspecified atom stereocenters. The first kappa shape index (κ1) is 15.4. The van der Waals surface area contributed by atoms with Gasteiger partial charge in [-0.25, -0.2) is 9.97 Å². The lowest BCUT2D eigenvalue weighted by atomic mass is 10.2. The lowest BCUT2D eigenvalue weighted by Crippen LogP contribution is -1.97. The Balaban J connectivity index is 1.68. The SMILES string of the molecule is Cc1nc(N/N=C/c2cccnc2)c2cc(-c3ccccc3)sc2n1. The fraction of sp³-hybridized carbons (Fsp3) is 0.0526. The third-order valence-electron chi connectivity index (χ3n) is 3.63. The van der Waals surface area contributed by atoms with Crippen molar-refractivity contribution in [3.05, 3.63) is 72.3 Å². The van der Waals surface area contributed by atoms with Gasteiger partial charge in [0.1, 0.15) is 10.7 Å². The fourth-order valence-electron chi connectivity index (χ4n) is 2.48. The first-order valence-corrected chi connectivity index (χ1v) is 8.64. The van der Waals surface area contributed by atoms with Crippen LogP contribution in [0.2, 0.25) is 0 Å². The molecule has 122 valence electrons. The van der Waals surface area contributed by atoms with Crippen molar-refractivity contribution in [1.29, 1.82) is 0 Å². The van der Waals surface area contributed by atoms with Crippen molar-refractivity contribution in [2.75, 3.05) is 5.43 Å². The fourth-order valence-corrected chi connectivity index (χ4v) is 3.56. The normalized spacial score (nSPS) is 11.2. The maximum absolute atomic E-state index is 4.55. The monoisotopic (exact) mass is 345 g/mol. The van der Waals surface area contributed by atoms with Crippen LogP contribution in [0.15, 0.2) is 66.0 Å². The van der Waals surface area contributed by atoms with Crippen LogP contribution in [-0.2, 0) is 0 Å². The molecule has 0 amide bonds. The first-order valence-electron chi connectivity index (χ1n) is 7.82.